The third kappa shape index (κ3) is 7.12. The van der Waals surface area contributed by atoms with Gasteiger partial charge in [-0.05, 0) is 54.1 Å². The Morgan fingerprint density at radius 3 is 2.44 bits per heavy atom. The normalized spacial score (nSPS) is 11.3. The molecule has 0 aromatic heterocycles. The Morgan fingerprint density at radius 1 is 1.00 bits per heavy atom. The molecule has 0 saturated carbocycles. The van der Waals surface area contributed by atoms with Crippen LogP contribution in [0.2, 0.25) is 10.0 Å². The lowest BCUT2D eigenvalue weighted by molar-refractivity contribution is -0.138. The lowest BCUT2D eigenvalue weighted by Crippen LogP contribution is -2.22. The van der Waals surface area contributed by atoms with Gasteiger partial charge in [-0.2, -0.15) is 18.3 Å². The van der Waals surface area contributed by atoms with Crippen LogP contribution in [-0.4, -0.2) is 31.7 Å². The second-order valence-corrected chi connectivity index (χ2v) is 7.93. The van der Waals surface area contributed by atoms with E-state index in [9.17, 15) is 22.8 Å². The summed E-state index contributed by atoms with van der Waals surface area (Å²) in [6, 6.07) is 13.6. The highest BCUT2D eigenvalue weighted by atomic mass is 35.5. The lowest BCUT2D eigenvalue weighted by Gasteiger charge is -2.12. The van der Waals surface area contributed by atoms with E-state index in [-0.39, 0.29) is 23.1 Å². The SMILES string of the molecule is COc1cc(/C=N/NC(=O)c2ccccc2C(F)(F)F)ccc1OCC(=O)Nc1ccc(Cl)c(Cl)c1. The van der Waals surface area contributed by atoms with Gasteiger partial charge in [-0.1, -0.05) is 35.3 Å². The first kappa shape index (κ1) is 26.8. The van der Waals surface area contributed by atoms with Gasteiger partial charge < -0.3 is 14.8 Å². The van der Waals surface area contributed by atoms with E-state index in [1.54, 1.807) is 18.2 Å². The van der Waals surface area contributed by atoms with Gasteiger partial charge in [-0.3, -0.25) is 9.59 Å². The van der Waals surface area contributed by atoms with Gasteiger partial charge in [-0.15, -0.1) is 0 Å². The smallest absolute Gasteiger partial charge is 0.417 e. The number of hydrogen-bond acceptors (Lipinski definition) is 5. The quantitative estimate of drug-likeness (QED) is 0.279. The van der Waals surface area contributed by atoms with Crippen LogP contribution in [0.1, 0.15) is 21.5 Å². The van der Waals surface area contributed by atoms with Crippen molar-refractivity contribution in [1.82, 2.24) is 5.43 Å². The topological polar surface area (TPSA) is 89.0 Å². The van der Waals surface area contributed by atoms with Gasteiger partial charge >= 0.3 is 6.18 Å². The highest BCUT2D eigenvalue weighted by Gasteiger charge is 2.34. The van der Waals surface area contributed by atoms with Crippen molar-refractivity contribution in [3.05, 3.63) is 87.4 Å². The molecule has 2 amide bonds. The number of halogens is 5. The van der Waals surface area contributed by atoms with Crippen LogP contribution in [0, 0.1) is 0 Å². The molecule has 0 radical (unpaired) electrons. The molecule has 2 N–H and O–H groups in total. The first-order valence-electron chi connectivity index (χ1n) is 10.1. The number of nitrogens with one attached hydrogen (secondary N) is 2. The molecule has 36 heavy (non-hydrogen) atoms. The number of hydrogen-bond donors (Lipinski definition) is 2. The van der Waals surface area contributed by atoms with Gasteiger partial charge in [0.2, 0.25) is 0 Å². The van der Waals surface area contributed by atoms with Gasteiger partial charge in [0.15, 0.2) is 18.1 Å². The molecule has 3 aromatic rings. The molecule has 0 saturated heterocycles. The van der Waals surface area contributed by atoms with Crippen LogP contribution in [0.4, 0.5) is 18.9 Å². The van der Waals surface area contributed by atoms with E-state index in [4.69, 9.17) is 32.7 Å². The molecule has 0 aliphatic carbocycles. The summed E-state index contributed by atoms with van der Waals surface area (Å²) in [6.45, 7) is -0.335. The van der Waals surface area contributed by atoms with Crippen LogP contribution in [-0.2, 0) is 11.0 Å². The summed E-state index contributed by atoms with van der Waals surface area (Å²) >= 11 is 11.8. The third-order valence-electron chi connectivity index (χ3n) is 4.61. The summed E-state index contributed by atoms with van der Waals surface area (Å²) < 4.78 is 50.0. The molecule has 7 nitrogen and oxygen atoms in total. The summed E-state index contributed by atoms with van der Waals surface area (Å²) in [5.74, 6) is -0.959. The Morgan fingerprint density at radius 2 is 1.75 bits per heavy atom. The van der Waals surface area contributed by atoms with Crippen LogP contribution in [0.5, 0.6) is 11.5 Å². The maximum Gasteiger partial charge on any atom is 0.417 e. The number of carbonyl (C=O) groups excluding carboxylic acids is 2. The molecule has 0 heterocycles. The zero-order chi connectivity index (χ0) is 26.3. The van der Waals surface area contributed by atoms with Gasteiger partial charge in [0.1, 0.15) is 0 Å². The average molecular weight is 540 g/mol. The Labute approximate surface area is 213 Å². The van der Waals surface area contributed by atoms with Crippen LogP contribution >= 0.6 is 23.2 Å². The van der Waals surface area contributed by atoms with E-state index in [0.717, 1.165) is 12.1 Å². The average Bonchev–Trinajstić information content (AvgIpc) is 2.84. The maximum atomic E-state index is 13.1. The molecule has 0 bridgehead atoms. The minimum atomic E-state index is -4.68. The third-order valence-corrected chi connectivity index (χ3v) is 5.35. The second kappa shape index (κ2) is 11.8. The van der Waals surface area contributed by atoms with Crippen LogP contribution in [0.15, 0.2) is 65.8 Å². The van der Waals surface area contributed by atoms with Gasteiger partial charge in [0, 0.05) is 5.69 Å². The molecule has 3 rings (SSSR count). The zero-order valence-corrected chi connectivity index (χ0v) is 20.0. The molecule has 3 aromatic carbocycles. The van der Waals surface area contributed by atoms with Crippen LogP contribution in [0.3, 0.4) is 0 Å². The number of nitrogens with zero attached hydrogens (tertiary/aromatic N) is 1. The molecule has 0 atom stereocenters. The van der Waals surface area contributed by atoms with Crippen molar-refractivity contribution in [2.75, 3.05) is 19.0 Å². The van der Waals surface area contributed by atoms with Crippen molar-refractivity contribution in [2.45, 2.75) is 6.18 Å². The second-order valence-electron chi connectivity index (χ2n) is 7.12. The highest BCUT2D eigenvalue weighted by molar-refractivity contribution is 6.42. The van der Waals surface area contributed by atoms with E-state index in [1.807, 2.05) is 0 Å². The van der Waals surface area contributed by atoms with E-state index in [1.165, 1.54) is 43.7 Å². The number of amides is 2. The number of anilines is 1. The molecule has 0 aliphatic heterocycles. The number of methoxy groups -OCH3 is 1. The molecule has 12 heteroatoms. The standard InChI is InChI=1S/C24H18Cl2F3N3O4/c1-35-21-10-14(12-30-32-23(34)16-4-2-3-5-17(16)24(27,28)29)6-9-20(21)36-13-22(33)31-15-7-8-18(25)19(26)11-15/h2-12H,13H2,1H3,(H,31,33)(H,32,34)/b30-12+. The largest absolute Gasteiger partial charge is 0.493 e. The minimum absolute atomic E-state index is 0.252. The van der Waals surface area contributed by atoms with Crippen molar-refractivity contribution in [3.63, 3.8) is 0 Å². The molecule has 0 fully saturated rings. The summed E-state index contributed by atoms with van der Waals surface area (Å²) in [4.78, 5) is 24.3. The van der Waals surface area contributed by atoms with Crippen LogP contribution < -0.4 is 20.2 Å². The fraction of sp³-hybridized carbons (Fsp3) is 0.125. The summed E-state index contributed by atoms with van der Waals surface area (Å²) in [5, 5.41) is 6.96. The molecular formula is C24H18Cl2F3N3O4. The Balaban J connectivity index is 1.61. The fourth-order valence-electron chi connectivity index (χ4n) is 2.95. The van der Waals surface area contributed by atoms with E-state index in [0.29, 0.717) is 16.3 Å². The number of ether oxygens (including phenoxy) is 2. The van der Waals surface area contributed by atoms with Crippen molar-refractivity contribution >= 4 is 46.9 Å². The molecule has 0 aliphatic rings. The van der Waals surface area contributed by atoms with Crippen molar-refractivity contribution in [2.24, 2.45) is 5.10 Å². The maximum absolute atomic E-state index is 13.1. The molecule has 0 spiro atoms. The van der Waals surface area contributed by atoms with Crippen molar-refractivity contribution < 1.29 is 32.2 Å². The van der Waals surface area contributed by atoms with Gasteiger partial charge in [0.25, 0.3) is 11.8 Å². The summed E-state index contributed by atoms with van der Waals surface area (Å²) in [5.41, 5.74) is 1.34. The highest BCUT2D eigenvalue weighted by Crippen LogP contribution is 2.32. The van der Waals surface area contributed by atoms with Gasteiger partial charge in [-0.25, -0.2) is 5.43 Å². The fourth-order valence-corrected chi connectivity index (χ4v) is 3.25. The number of benzene rings is 3. The predicted molar refractivity (Wildman–Crippen MR) is 130 cm³/mol. The zero-order valence-electron chi connectivity index (χ0n) is 18.5. The summed E-state index contributed by atoms with van der Waals surface area (Å²) in [6.07, 6.45) is -3.46. The minimum Gasteiger partial charge on any atom is -0.493 e. The molecule has 0 unspecified atom stereocenters. The Kier molecular flexibility index (Phi) is 8.78. The van der Waals surface area contributed by atoms with E-state index < -0.39 is 29.1 Å². The number of alkyl halides is 3. The lowest BCUT2D eigenvalue weighted by atomic mass is 10.1. The van der Waals surface area contributed by atoms with Crippen LogP contribution in [0.25, 0.3) is 0 Å². The predicted octanol–water partition coefficient (Wildman–Crippen LogP) is 5.80. The molecular weight excluding hydrogens is 522 g/mol. The monoisotopic (exact) mass is 539 g/mol. The van der Waals surface area contributed by atoms with Crippen molar-refractivity contribution in [3.8, 4) is 11.5 Å². The molecule has 188 valence electrons. The Hall–Kier alpha value is -3.76. The van der Waals surface area contributed by atoms with Gasteiger partial charge in [0.05, 0.1) is 34.5 Å². The van der Waals surface area contributed by atoms with Crippen molar-refractivity contribution in [1.29, 1.82) is 0 Å². The van der Waals surface area contributed by atoms with E-state index in [2.05, 4.69) is 15.8 Å². The summed E-state index contributed by atoms with van der Waals surface area (Å²) in [7, 11) is 1.38. The number of hydrazone groups is 1. The number of rotatable bonds is 8. The Bertz CT molecular complexity index is 1300. The number of carbonyl (C=O) groups is 2. The van der Waals surface area contributed by atoms with E-state index >= 15 is 0 Å². The first-order valence-corrected chi connectivity index (χ1v) is 10.9. The first-order chi connectivity index (χ1) is 17.1.